The summed E-state index contributed by atoms with van der Waals surface area (Å²) in [5.41, 5.74) is 0. The molecule has 3 N–H and O–H groups in total. The molecule has 1 aliphatic heterocycles. The fourth-order valence-corrected chi connectivity index (χ4v) is 0.946. The molecule has 92 valence electrons. The van der Waals surface area contributed by atoms with Gasteiger partial charge >= 0.3 is 0 Å². The van der Waals surface area contributed by atoms with Crippen molar-refractivity contribution in [3.63, 3.8) is 0 Å². The molecule has 1 unspecified atom stereocenters. The van der Waals surface area contributed by atoms with Gasteiger partial charge in [-0.25, -0.2) is 0 Å². The van der Waals surface area contributed by atoms with Gasteiger partial charge in [-0.1, -0.05) is 0 Å². The Hall–Kier alpha value is -0.210. The molecule has 6 nitrogen and oxygen atoms in total. The Morgan fingerprint density at radius 3 is 2.33 bits per heavy atom. The first-order valence-electron chi connectivity index (χ1n) is 5.00. The normalized spacial score (nSPS) is 21.7. The highest BCUT2D eigenvalue weighted by atomic mass is 32.2. The van der Waals surface area contributed by atoms with E-state index in [0.717, 1.165) is 26.2 Å². The molecule has 0 aliphatic carbocycles. The van der Waals surface area contributed by atoms with Crippen molar-refractivity contribution in [1.82, 2.24) is 10.6 Å². The SMILES string of the molecule is CCOC1CNCCN1.CCS(=O)(=O)O. The molecule has 1 fully saturated rings. The second-order valence-corrected chi connectivity index (χ2v) is 4.71. The van der Waals surface area contributed by atoms with Gasteiger partial charge in [-0.2, -0.15) is 8.42 Å². The van der Waals surface area contributed by atoms with E-state index in [2.05, 4.69) is 10.6 Å². The third-order valence-electron chi connectivity index (χ3n) is 1.74. The van der Waals surface area contributed by atoms with Crippen LogP contribution < -0.4 is 10.6 Å². The lowest BCUT2D eigenvalue weighted by Gasteiger charge is -2.23. The van der Waals surface area contributed by atoms with Gasteiger partial charge in [-0.3, -0.25) is 9.87 Å². The van der Waals surface area contributed by atoms with Crippen molar-refractivity contribution < 1.29 is 17.7 Å². The van der Waals surface area contributed by atoms with E-state index in [1.165, 1.54) is 6.92 Å². The van der Waals surface area contributed by atoms with Crippen molar-refractivity contribution in [2.24, 2.45) is 0 Å². The predicted molar refractivity (Wildman–Crippen MR) is 58.4 cm³/mol. The molecule has 0 aromatic heterocycles. The van der Waals surface area contributed by atoms with Crippen LogP contribution in [0, 0.1) is 0 Å². The van der Waals surface area contributed by atoms with Crippen molar-refractivity contribution >= 4 is 10.1 Å². The van der Waals surface area contributed by atoms with Crippen LogP contribution in [0.4, 0.5) is 0 Å². The minimum Gasteiger partial charge on any atom is -0.362 e. The van der Waals surface area contributed by atoms with Gasteiger partial charge in [0.2, 0.25) is 0 Å². The average Bonchev–Trinajstić information content (AvgIpc) is 2.20. The summed E-state index contributed by atoms with van der Waals surface area (Å²) in [6.45, 7) is 7.19. The molecule has 0 aromatic rings. The van der Waals surface area contributed by atoms with E-state index in [4.69, 9.17) is 9.29 Å². The lowest BCUT2D eigenvalue weighted by atomic mass is 10.4. The smallest absolute Gasteiger partial charge is 0.264 e. The van der Waals surface area contributed by atoms with Gasteiger partial charge in [-0.15, -0.1) is 0 Å². The van der Waals surface area contributed by atoms with Crippen LogP contribution in [-0.2, 0) is 14.9 Å². The Bertz CT molecular complexity index is 234. The molecule has 1 rings (SSSR count). The lowest BCUT2D eigenvalue weighted by molar-refractivity contribution is 0.0293. The molecule has 0 amide bonds. The predicted octanol–water partition coefficient (Wildman–Crippen LogP) is -0.564. The maximum Gasteiger partial charge on any atom is 0.264 e. The Morgan fingerprint density at radius 1 is 1.40 bits per heavy atom. The van der Waals surface area contributed by atoms with E-state index in [9.17, 15) is 8.42 Å². The minimum absolute atomic E-state index is 0.201. The average molecular weight is 240 g/mol. The zero-order valence-corrected chi connectivity index (χ0v) is 10.0. The Kier molecular flexibility index (Phi) is 7.89. The number of nitrogens with one attached hydrogen (secondary N) is 2. The Labute approximate surface area is 91.1 Å². The van der Waals surface area contributed by atoms with Crippen LogP contribution in [-0.4, -0.2) is 51.2 Å². The maximum absolute atomic E-state index is 9.56. The summed E-state index contributed by atoms with van der Waals surface area (Å²) in [5.74, 6) is -0.201. The van der Waals surface area contributed by atoms with Crippen LogP contribution >= 0.6 is 0 Å². The van der Waals surface area contributed by atoms with Crippen LogP contribution in [0.2, 0.25) is 0 Å². The van der Waals surface area contributed by atoms with Gasteiger partial charge in [0.25, 0.3) is 10.1 Å². The third kappa shape index (κ3) is 10.1. The number of hydrogen-bond donors (Lipinski definition) is 3. The largest absolute Gasteiger partial charge is 0.362 e. The first-order chi connectivity index (χ1) is 6.99. The fourth-order valence-electron chi connectivity index (χ4n) is 0.946. The summed E-state index contributed by atoms with van der Waals surface area (Å²) in [6, 6.07) is 0. The molecule has 1 aliphatic rings. The van der Waals surface area contributed by atoms with Crippen molar-refractivity contribution in [2.45, 2.75) is 20.1 Å². The van der Waals surface area contributed by atoms with Crippen molar-refractivity contribution in [1.29, 1.82) is 0 Å². The highest BCUT2D eigenvalue weighted by Crippen LogP contribution is 1.87. The van der Waals surface area contributed by atoms with E-state index < -0.39 is 10.1 Å². The summed E-state index contributed by atoms with van der Waals surface area (Å²) in [5, 5.41) is 6.47. The van der Waals surface area contributed by atoms with Gasteiger partial charge in [0.15, 0.2) is 0 Å². The van der Waals surface area contributed by atoms with E-state index in [-0.39, 0.29) is 12.0 Å². The van der Waals surface area contributed by atoms with E-state index >= 15 is 0 Å². The molecule has 7 heteroatoms. The molecule has 0 bridgehead atoms. The summed E-state index contributed by atoms with van der Waals surface area (Å²) in [7, 11) is -3.66. The fraction of sp³-hybridized carbons (Fsp3) is 1.00. The number of piperazine rings is 1. The molecular formula is C8H20N2O4S. The zero-order valence-electron chi connectivity index (χ0n) is 9.19. The van der Waals surface area contributed by atoms with Crippen LogP contribution in [0.3, 0.4) is 0 Å². The van der Waals surface area contributed by atoms with Crippen molar-refractivity contribution in [3.8, 4) is 0 Å². The zero-order chi connectivity index (χ0) is 11.7. The monoisotopic (exact) mass is 240 g/mol. The topological polar surface area (TPSA) is 87.7 Å². The van der Waals surface area contributed by atoms with Crippen LogP contribution in [0.25, 0.3) is 0 Å². The standard InChI is InChI=1S/C6H14N2O.C2H6O3S/c1-2-9-6-5-7-3-4-8-6;1-2-6(3,4)5/h6-8H,2-5H2,1H3;2H2,1H3,(H,3,4,5). The molecule has 15 heavy (non-hydrogen) atoms. The molecule has 0 saturated carbocycles. The third-order valence-corrected chi connectivity index (χ3v) is 2.47. The first kappa shape index (κ1) is 14.8. The summed E-state index contributed by atoms with van der Waals surface area (Å²) in [6.07, 6.45) is 0.240. The van der Waals surface area contributed by atoms with Gasteiger partial charge < -0.3 is 10.1 Å². The molecule has 0 aromatic carbocycles. The molecule has 0 radical (unpaired) electrons. The Balaban J connectivity index is 0.000000288. The quantitative estimate of drug-likeness (QED) is 0.573. The second-order valence-electron chi connectivity index (χ2n) is 2.97. The molecule has 0 spiro atoms. The highest BCUT2D eigenvalue weighted by molar-refractivity contribution is 7.85. The number of ether oxygens (including phenoxy) is 1. The van der Waals surface area contributed by atoms with Crippen LogP contribution in [0.15, 0.2) is 0 Å². The van der Waals surface area contributed by atoms with E-state index in [1.807, 2.05) is 6.92 Å². The maximum atomic E-state index is 9.56. The van der Waals surface area contributed by atoms with Gasteiger partial charge in [0.1, 0.15) is 6.23 Å². The number of hydrogen-bond acceptors (Lipinski definition) is 5. The molecular weight excluding hydrogens is 220 g/mol. The van der Waals surface area contributed by atoms with Gasteiger partial charge in [-0.05, 0) is 13.8 Å². The minimum atomic E-state index is -3.66. The Morgan fingerprint density at radius 2 is 2.00 bits per heavy atom. The van der Waals surface area contributed by atoms with Crippen molar-refractivity contribution in [2.75, 3.05) is 32.0 Å². The van der Waals surface area contributed by atoms with Gasteiger partial charge in [0.05, 0.1) is 5.75 Å². The summed E-state index contributed by atoms with van der Waals surface area (Å²) < 4.78 is 32.2. The van der Waals surface area contributed by atoms with Gasteiger partial charge in [0, 0.05) is 26.2 Å². The highest BCUT2D eigenvalue weighted by Gasteiger charge is 2.09. The van der Waals surface area contributed by atoms with E-state index in [0.29, 0.717) is 0 Å². The molecule has 1 saturated heterocycles. The first-order valence-corrected chi connectivity index (χ1v) is 6.61. The van der Waals surface area contributed by atoms with Crippen LogP contribution in [0.5, 0.6) is 0 Å². The van der Waals surface area contributed by atoms with Crippen LogP contribution in [0.1, 0.15) is 13.8 Å². The lowest BCUT2D eigenvalue weighted by Crippen LogP contribution is -2.49. The second kappa shape index (κ2) is 8.00. The number of rotatable bonds is 3. The van der Waals surface area contributed by atoms with E-state index in [1.54, 1.807) is 0 Å². The summed E-state index contributed by atoms with van der Waals surface area (Å²) in [4.78, 5) is 0. The molecule has 1 heterocycles. The molecule has 1 atom stereocenters. The van der Waals surface area contributed by atoms with Crippen molar-refractivity contribution in [3.05, 3.63) is 0 Å². The summed E-state index contributed by atoms with van der Waals surface area (Å²) >= 11 is 0.